The Labute approximate surface area is 150 Å². The maximum Gasteiger partial charge on any atom is 0.246 e. The number of carbonyl (C=O) groups is 2. The summed E-state index contributed by atoms with van der Waals surface area (Å²) in [4.78, 5) is 23.9. The molecule has 0 saturated heterocycles. The third kappa shape index (κ3) is 5.17. The van der Waals surface area contributed by atoms with Crippen molar-refractivity contribution in [2.24, 2.45) is 23.2 Å². The molecule has 0 radical (unpaired) electrons. The van der Waals surface area contributed by atoms with Gasteiger partial charge in [-0.3, -0.25) is 9.59 Å². The Kier molecular flexibility index (Phi) is 6.34. The molecule has 6 heteroatoms. The van der Waals surface area contributed by atoms with E-state index >= 15 is 0 Å². The molecule has 0 heterocycles. The standard InChI is InChI=1S/C19H32N2O4/c1-24-4-5-25-13-18(23)21-3-2-20-17(22)12-19-9-14-6-15(10-19)8-16(7-14)11-19/h14-16H,2-13H2,1H3,(H,20,22)(H,21,23). The minimum atomic E-state index is -0.161. The summed E-state index contributed by atoms with van der Waals surface area (Å²) in [6, 6.07) is 0. The van der Waals surface area contributed by atoms with Crippen LogP contribution < -0.4 is 10.6 Å². The zero-order valence-corrected chi connectivity index (χ0v) is 15.4. The number of carbonyl (C=O) groups excluding carboxylic acids is 2. The Balaban J connectivity index is 1.29. The van der Waals surface area contributed by atoms with Crippen molar-refractivity contribution < 1.29 is 19.1 Å². The smallest absolute Gasteiger partial charge is 0.246 e. The highest BCUT2D eigenvalue weighted by Gasteiger charge is 2.51. The summed E-state index contributed by atoms with van der Waals surface area (Å²) < 4.78 is 9.99. The first-order valence-corrected chi connectivity index (χ1v) is 9.69. The summed E-state index contributed by atoms with van der Waals surface area (Å²) in [7, 11) is 1.59. The predicted molar refractivity (Wildman–Crippen MR) is 93.9 cm³/mol. The Morgan fingerprint density at radius 1 is 0.920 bits per heavy atom. The van der Waals surface area contributed by atoms with Gasteiger partial charge in [-0.25, -0.2) is 0 Å². The number of amides is 2. The average Bonchev–Trinajstić information content (AvgIpc) is 2.54. The van der Waals surface area contributed by atoms with Crippen molar-refractivity contribution in [2.45, 2.75) is 44.9 Å². The summed E-state index contributed by atoms with van der Waals surface area (Å²) in [5, 5.41) is 5.73. The average molecular weight is 352 g/mol. The normalized spacial score (nSPS) is 32.6. The molecule has 0 spiro atoms. The van der Waals surface area contributed by atoms with Crippen molar-refractivity contribution >= 4 is 11.8 Å². The van der Waals surface area contributed by atoms with Crippen molar-refractivity contribution in [3.8, 4) is 0 Å². The van der Waals surface area contributed by atoms with Crippen LogP contribution in [0.25, 0.3) is 0 Å². The third-order valence-corrected chi connectivity index (χ3v) is 6.13. The van der Waals surface area contributed by atoms with Gasteiger partial charge >= 0.3 is 0 Å². The van der Waals surface area contributed by atoms with Gasteiger partial charge in [-0.15, -0.1) is 0 Å². The lowest BCUT2D eigenvalue weighted by atomic mass is 9.49. The van der Waals surface area contributed by atoms with Crippen molar-refractivity contribution in [1.82, 2.24) is 10.6 Å². The lowest BCUT2D eigenvalue weighted by Crippen LogP contribution is -2.48. The van der Waals surface area contributed by atoms with Crippen LogP contribution in [0.15, 0.2) is 0 Å². The first-order valence-electron chi connectivity index (χ1n) is 9.69. The molecule has 0 unspecified atom stereocenters. The minimum Gasteiger partial charge on any atom is -0.382 e. The molecule has 25 heavy (non-hydrogen) atoms. The molecule has 0 atom stereocenters. The van der Waals surface area contributed by atoms with Crippen LogP contribution in [0.2, 0.25) is 0 Å². The fraction of sp³-hybridized carbons (Fsp3) is 0.895. The first-order chi connectivity index (χ1) is 12.1. The van der Waals surface area contributed by atoms with Gasteiger partial charge in [0, 0.05) is 26.6 Å². The summed E-state index contributed by atoms with van der Waals surface area (Å²) in [5.74, 6) is 2.60. The first kappa shape index (κ1) is 18.6. The van der Waals surface area contributed by atoms with Crippen LogP contribution >= 0.6 is 0 Å². The van der Waals surface area contributed by atoms with E-state index < -0.39 is 0 Å². The Bertz CT molecular complexity index is 445. The van der Waals surface area contributed by atoms with E-state index in [-0.39, 0.29) is 23.8 Å². The van der Waals surface area contributed by atoms with E-state index in [1.54, 1.807) is 7.11 Å². The van der Waals surface area contributed by atoms with Crippen molar-refractivity contribution in [3.63, 3.8) is 0 Å². The predicted octanol–water partition coefficient (Wildman–Crippen LogP) is 1.49. The molecule has 4 bridgehead atoms. The SMILES string of the molecule is COCCOCC(=O)NCCNC(=O)CC12CC3CC(CC(C3)C1)C2. The second-order valence-corrected chi connectivity index (χ2v) is 8.34. The summed E-state index contributed by atoms with van der Waals surface area (Å²) >= 11 is 0. The Hall–Kier alpha value is -1.14. The molecule has 4 saturated carbocycles. The lowest BCUT2D eigenvalue weighted by Gasteiger charge is -2.56. The molecular formula is C19H32N2O4. The molecule has 0 aromatic heterocycles. The fourth-order valence-electron chi connectivity index (χ4n) is 5.67. The molecule has 4 aliphatic carbocycles. The summed E-state index contributed by atoms with van der Waals surface area (Å²) in [6.07, 6.45) is 8.63. The molecule has 4 rings (SSSR count). The molecule has 142 valence electrons. The maximum absolute atomic E-state index is 12.4. The second-order valence-electron chi connectivity index (χ2n) is 8.34. The minimum absolute atomic E-state index is 0.0323. The van der Waals surface area contributed by atoms with Crippen LogP contribution in [0.4, 0.5) is 0 Å². The molecule has 2 N–H and O–H groups in total. The van der Waals surface area contributed by atoms with Crippen LogP contribution in [0.3, 0.4) is 0 Å². The van der Waals surface area contributed by atoms with Crippen LogP contribution in [0, 0.1) is 23.2 Å². The van der Waals surface area contributed by atoms with E-state index in [1.807, 2.05) is 0 Å². The van der Waals surface area contributed by atoms with Gasteiger partial charge in [-0.2, -0.15) is 0 Å². The monoisotopic (exact) mass is 352 g/mol. The molecular weight excluding hydrogens is 320 g/mol. The van der Waals surface area contributed by atoms with Crippen LogP contribution in [0.5, 0.6) is 0 Å². The number of nitrogens with one attached hydrogen (secondary N) is 2. The molecule has 0 aliphatic heterocycles. The van der Waals surface area contributed by atoms with Gasteiger partial charge in [-0.05, 0) is 61.7 Å². The third-order valence-electron chi connectivity index (χ3n) is 6.13. The van der Waals surface area contributed by atoms with Crippen molar-refractivity contribution in [2.75, 3.05) is 40.0 Å². The van der Waals surface area contributed by atoms with Gasteiger partial charge in [0.1, 0.15) is 6.61 Å². The van der Waals surface area contributed by atoms with Gasteiger partial charge in [0.05, 0.1) is 13.2 Å². The van der Waals surface area contributed by atoms with Crippen molar-refractivity contribution in [3.05, 3.63) is 0 Å². The molecule has 0 aromatic rings. The van der Waals surface area contributed by atoms with E-state index in [9.17, 15) is 9.59 Å². The highest BCUT2D eigenvalue weighted by Crippen LogP contribution is 2.61. The molecule has 0 aromatic carbocycles. The number of methoxy groups -OCH3 is 1. The van der Waals surface area contributed by atoms with E-state index in [0.29, 0.717) is 32.7 Å². The number of ether oxygens (including phenoxy) is 2. The van der Waals surface area contributed by atoms with Crippen molar-refractivity contribution in [1.29, 1.82) is 0 Å². The van der Waals surface area contributed by atoms with Gasteiger partial charge in [0.2, 0.25) is 11.8 Å². The quantitative estimate of drug-likeness (QED) is 0.584. The van der Waals surface area contributed by atoms with E-state index in [1.165, 1.54) is 38.5 Å². The second kappa shape index (κ2) is 8.49. The molecule has 2 amide bonds. The highest BCUT2D eigenvalue weighted by molar-refractivity contribution is 5.78. The van der Waals surface area contributed by atoms with Crippen LogP contribution in [-0.4, -0.2) is 51.8 Å². The zero-order valence-electron chi connectivity index (χ0n) is 15.4. The Morgan fingerprint density at radius 3 is 2.04 bits per heavy atom. The molecule has 6 nitrogen and oxygen atoms in total. The lowest BCUT2D eigenvalue weighted by molar-refractivity contribution is -0.130. The van der Waals surface area contributed by atoms with E-state index in [4.69, 9.17) is 9.47 Å². The zero-order chi connectivity index (χ0) is 17.7. The van der Waals surface area contributed by atoms with Gasteiger partial charge in [0.15, 0.2) is 0 Å². The Morgan fingerprint density at radius 2 is 1.48 bits per heavy atom. The maximum atomic E-state index is 12.4. The van der Waals surface area contributed by atoms with E-state index in [0.717, 1.165) is 17.8 Å². The number of hydrogen-bond donors (Lipinski definition) is 2. The summed E-state index contributed by atoms with van der Waals surface area (Å²) in [6.45, 7) is 1.85. The fourth-order valence-corrected chi connectivity index (χ4v) is 5.67. The van der Waals surface area contributed by atoms with Crippen LogP contribution in [-0.2, 0) is 19.1 Å². The molecule has 4 fully saturated rings. The largest absolute Gasteiger partial charge is 0.382 e. The topological polar surface area (TPSA) is 76.7 Å². The van der Waals surface area contributed by atoms with E-state index in [2.05, 4.69) is 10.6 Å². The van der Waals surface area contributed by atoms with Gasteiger partial charge in [-0.1, -0.05) is 0 Å². The van der Waals surface area contributed by atoms with Crippen LogP contribution in [0.1, 0.15) is 44.9 Å². The highest BCUT2D eigenvalue weighted by atomic mass is 16.5. The summed E-state index contributed by atoms with van der Waals surface area (Å²) in [5.41, 5.74) is 0.275. The molecule has 4 aliphatic rings. The van der Waals surface area contributed by atoms with Gasteiger partial charge in [0.25, 0.3) is 0 Å². The number of rotatable bonds is 10. The number of hydrogen-bond acceptors (Lipinski definition) is 4. The van der Waals surface area contributed by atoms with Gasteiger partial charge < -0.3 is 20.1 Å².